The number of aliphatic hydroxyl groups excluding tert-OH is 1. The molecule has 1 aromatic carbocycles. The average Bonchev–Trinajstić information content (AvgIpc) is 2.84. The highest BCUT2D eigenvalue weighted by molar-refractivity contribution is 7.89. The summed E-state index contributed by atoms with van der Waals surface area (Å²) in [6.45, 7) is 1.95. The van der Waals surface area contributed by atoms with Crippen LogP contribution in [0.25, 0.3) is 11.1 Å². The Morgan fingerprint density at radius 1 is 0.973 bits per heavy atom. The third-order valence-electron chi connectivity index (χ3n) is 6.72. The second kappa shape index (κ2) is 9.92. The molecule has 2 aromatic heterocycles. The van der Waals surface area contributed by atoms with Gasteiger partial charge in [0.25, 0.3) is 0 Å². The minimum Gasteiger partial charge on any atom is -0.390 e. The van der Waals surface area contributed by atoms with E-state index in [1.807, 2.05) is 12.1 Å². The lowest BCUT2D eigenvalue weighted by Crippen LogP contribution is -2.51. The summed E-state index contributed by atoms with van der Waals surface area (Å²) < 4.78 is 65.9. The molecule has 0 spiro atoms. The minimum absolute atomic E-state index is 0.122. The maximum Gasteiger partial charge on any atom is 0.417 e. The second-order valence-electron chi connectivity index (χ2n) is 9.17. The summed E-state index contributed by atoms with van der Waals surface area (Å²) in [6.07, 6.45) is -1.69. The molecule has 0 aliphatic carbocycles. The van der Waals surface area contributed by atoms with E-state index < -0.39 is 33.9 Å². The standard InChI is InChI=1S/C25H26F3N5O3S/c26-25(27,28)19-4-7-23(30-15-19)31-21-9-13-33(16-22(21)34)37(35,36)20-5-2-17(3-6-20)18-8-10-29-24(14-18)32-11-1-12-32/h2-8,10,14-15,21-22,34H,1,9,11-13,16H2,(H,30,31)/t21-,22+/m1/s1. The molecule has 0 radical (unpaired) electrons. The van der Waals surface area contributed by atoms with Gasteiger partial charge in [-0.05, 0) is 60.4 Å². The summed E-state index contributed by atoms with van der Waals surface area (Å²) in [6, 6.07) is 12.0. The van der Waals surface area contributed by atoms with E-state index in [1.165, 1.54) is 10.4 Å². The highest BCUT2D eigenvalue weighted by atomic mass is 32.2. The van der Waals surface area contributed by atoms with Crippen LogP contribution < -0.4 is 10.2 Å². The Morgan fingerprint density at radius 3 is 2.32 bits per heavy atom. The number of nitrogens with one attached hydrogen (secondary N) is 1. The number of hydrogen-bond acceptors (Lipinski definition) is 7. The first-order valence-electron chi connectivity index (χ1n) is 11.9. The molecule has 3 aromatic rings. The Hall–Kier alpha value is -3.22. The lowest BCUT2D eigenvalue weighted by atomic mass is 10.0. The van der Waals surface area contributed by atoms with Gasteiger partial charge < -0.3 is 15.3 Å². The molecule has 2 fully saturated rings. The zero-order chi connectivity index (χ0) is 26.2. The molecule has 2 atom stereocenters. The number of rotatable bonds is 6. The van der Waals surface area contributed by atoms with Crippen LogP contribution in [0.2, 0.25) is 0 Å². The summed E-state index contributed by atoms with van der Waals surface area (Å²) in [5.41, 5.74) is 0.946. The van der Waals surface area contributed by atoms with Gasteiger partial charge >= 0.3 is 6.18 Å². The number of hydrogen-bond donors (Lipinski definition) is 2. The van der Waals surface area contributed by atoms with Crippen LogP contribution in [0, 0.1) is 0 Å². The molecule has 0 bridgehead atoms. The van der Waals surface area contributed by atoms with Gasteiger partial charge in [-0.3, -0.25) is 0 Å². The van der Waals surface area contributed by atoms with Crippen LogP contribution >= 0.6 is 0 Å². The van der Waals surface area contributed by atoms with Crippen molar-refractivity contribution < 1.29 is 26.7 Å². The van der Waals surface area contributed by atoms with E-state index in [0.29, 0.717) is 0 Å². The van der Waals surface area contributed by atoms with Crippen molar-refractivity contribution in [3.63, 3.8) is 0 Å². The van der Waals surface area contributed by atoms with Crippen LogP contribution in [0.4, 0.5) is 24.8 Å². The van der Waals surface area contributed by atoms with Crippen LogP contribution in [0.15, 0.2) is 65.8 Å². The van der Waals surface area contributed by atoms with Crippen LogP contribution in [-0.2, 0) is 16.2 Å². The molecule has 2 N–H and O–H groups in total. The van der Waals surface area contributed by atoms with Crippen LogP contribution in [0.3, 0.4) is 0 Å². The zero-order valence-corrected chi connectivity index (χ0v) is 20.6. The molecule has 4 heterocycles. The molecule has 37 heavy (non-hydrogen) atoms. The number of piperidine rings is 1. The van der Waals surface area contributed by atoms with Gasteiger partial charge in [-0.1, -0.05) is 12.1 Å². The number of sulfonamides is 1. The predicted octanol–water partition coefficient (Wildman–Crippen LogP) is 3.61. The molecule has 0 unspecified atom stereocenters. The average molecular weight is 534 g/mol. The molecule has 0 amide bonds. The van der Waals surface area contributed by atoms with Crippen molar-refractivity contribution in [3.8, 4) is 11.1 Å². The number of alkyl halides is 3. The normalized spacial score (nSPS) is 20.9. The molecule has 12 heteroatoms. The van der Waals surface area contributed by atoms with Gasteiger partial charge in [0.2, 0.25) is 10.0 Å². The lowest BCUT2D eigenvalue weighted by Gasteiger charge is -2.35. The predicted molar refractivity (Wildman–Crippen MR) is 133 cm³/mol. The monoisotopic (exact) mass is 533 g/mol. The minimum atomic E-state index is -4.49. The van der Waals surface area contributed by atoms with Crippen LogP contribution in [-0.4, -0.2) is 66.1 Å². The lowest BCUT2D eigenvalue weighted by molar-refractivity contribution is -0.137. The van der Waals surface area contributed by atoms with Crippen molar-refractivity contribution in [2.75, 3.05) is 36.4 Å². The van der Waals surface area contributed by atoms with Crippen molar-refractivity contribution in [1.82, 2.24) is 14.3 Å². The van der Waals surface area contributed by atoms with Gasteiger partial charge in [0, 0.05) is 38.6 Å². The number of aromatic nitrogens is 2. The van der Waals surface area contributed by atoms with E-state index in [9.17, 15) is 26.7 Å². The van der Waals surface area contributed by atoms with Crippen LogP contribution in [0.5, 0.6) is 0 Å². The van der Waals surface area contributed by atoms with Gasteiger partial charge in [0.1, 0.15) is 11.6 Å². The number of nitrogens with zero attached hydrogens (tertiary/aromatic N) is 4. The first-order chi connectivity index (χ1) is 17.6. The quantitative estimate of drug-likeness (QED) is 0.500. The first-order valence-corrected chi connectivity index (χ1v) is 13.3. The second-order valence-corrected chi connectivity index (χ2v) is 11.1. The summed E-state index contributed by atoms with van der Waals surface area (Å²) >= 11 is 0. The van der Waals surface area contributed by atoms with Gasteiger partial charge in [0.05, 0.1) is 22.6 Å². The van der Waals surface area contributed by atoms with Gasteiger partial charge in [-0.15, -0.1) is 0 Å². The third-order valence-corrected chi connectivity index (χ3v) is 8.60. The number of anilines is 2. The summed E-state index contributed by atoms with van der Waals surface area (Å²) in [4.78, 5) is 10.5. The fourth-order valence-corrected chi connectivity index (χ4v) is 5.88. The molecule has 8 nitrogen and oxygen atoms in total. The highest BCUT2D eigenvalue weighted by Crippen LogP contribution is 2.30. The van der Waals surface area contributed by atoms with Crippen molar-refractivity contribution in [2.45, 2.75) is 36.1 Å². The van der Waals surface area contributed by atoms with E-state index in [1.54, 1.807) is 30.5 Å². The number of aliphatic hydroxyl groups is 1. The van der Waals surface area contributed by atoms with E-state index in [4.69, 9.17) is 0 Å². The number of benzene rings is 1. The number of pyridine rings is 2. The number of halogens is 3. The Balaban J connectivity index is 1.23. The van der Waals surface area contributed by atoms with Crippen molar-refractivity contribution >= 4 is 21.7 Å². The van der Waals surface area contributed by atoms with Gasteiger partial charge in [-0.25, -0.2) is 18.4 Å². The Morgan fingerprint density at radius 2 is 1.73 bits per heavy atom. The van der Waals surface area contributed by atoms with E-state index in [2.05, 4.69) is 20.2 Å². The molecule has 2 aliphatic heterocycles. The maximum atomic E-state index is 13.2. The van der Waals surface area contributed by atoms with Gasteiger partial charge in [-0.2, -0.15) is 17.5 Å². The molecule has 5 rings (SSSR count). The summed E-state index contributed by atoms with van der Waals surface area (Å²) in [7, 11) is -3.84. The highest BCUT2D eigenvalue weighted by Gasteiger charge is 2.35. The summed E-state index contributed by atoms with van der Waals surface area (Å²) in [5, 5.41) is 13.5. The molecule has 2 aliphatic rings. The van der Waals surface area contributed by atoms with Crippen LogP contribution in [0.1, 0.15) is 18.4 Å². The first kappa shape index (κ1) is 25.4. The van der Waals surface area contributed by atoms with Crippen molar-refractivity contribution in [3.05, 3.63) is 66.5 Å². The smallest absolute Gasteiger partial charge is 0.390 e. The molecule has 0 saturated carbocycles. The molecular weight excluding hydrogens is 507 g/mol. The largest absolute Gasteiger partial charge is 0.417 e. The Kier molecular flexibility index (Phi) is 6.82. The fraction of sp³-hybridized carbons (Fsp3) is 0.360. The van der Waals surface area contributed by atoms with E-state index in [-0.39, 0.29) is 30.2 Å². The Labute approximate surface area is 212 Å². The SMILES string of the molecule is O=S(=O)(c1ccc(-c2ccnc(N3CCC3)c2)cc1)N1CC[C@@H](Nc2ccc(C(F)(F)F)cn2)[C@@H](O)C1. The van der Waals surface area contributed by atoms with Gasteiger partial charge in [0.15, 0.2) is 0 Å². The summed E-state index contributed by atoms with van der Waals surface area (Å²) in [5.74, 6) is 1.08. The topological polar surface area (TPSA) is 98.7 Å². The van der Waals surface area contributed by atoms with E-state index in [0.717, 1.165) is 48.7 Å². The number of β-amino-alcohol motifs (C(OH)–C–C–N with tert-alkyl or cyclic N) is 1. The third kappa shape index (κ3) is 5.41. The van der Waals surface area contributed by atoms with E-state index >= 15 is 0 Å². The maximum absolute atomic E-state index is 13.2. The molecular formula is C25H26F3N5O3S. The molecule has 2 saturated heterocycles. The molecule has 196 valence electrons. The fourth-order valence-electron chi connectivity index (χ4n) is 4.41. The zero-order valence-electron chi connectivity index (χ0n) is 19.8. The van der Waals surface area contributed by atoms with Crippen molar-refractivity contribution in [2.24, 2.45) is 0 Å². The Bertz CT molecular complexity index is 1350. The van der Waals surface area contributed by atoms with Crippen molar-refractivity contribution in [1.29, 1.82) is 0 Å².